The molecule has 0 aliphatic heterocycles. The van der Waals surface area contributed by atoms with Crippen LogP contribution in [0.15, 0.2) is 10.7 Å². The smallest absolute Gasteiger partial charge is 0.357 e. The number of hydrogen-bond donors (Lipinski definition) is 1. The highest BCUT2D eigenvalue weighted by atomic mass is 16.4. The second kappa shape index (κ2) is 6.39. The van der Waals surface area contributed by atoms with Crippen molar-refractivity contribution in [3.05, 3.63) is 17.8 Å². The van der Waals surface area contributed by atoms with Crippen molar-refractivity contribution < 1.29 is 14.3 Å². The predicted octanol–water partition coefficient (Wildman–Crippen LogP) is 2.24. The summed E-state index contributed by atoms with van der Waals surface area (Å²) in [7, 11) is 1.99. The monoisotopic (exact) mass is 240 g/mol. The molecule has 96 valence electrons. The van der Waals surface area contributed by atoms with Crippen LogP contribution in [-0.2, 0) is 6.54 Å². The fourth-order valence-electron chi connectivity index (χ4n) is 1.76. The van der Waals surface area contributed by atoms with Crippen LogP contribution in [0.4, 0.5) is 0 Å². The maximum atomic E-state index is 10.6. The first kappa shape index (κ1) is 13.7. The minimum atomic E-state index is -1.05. The maximum absolute atomic E-state index is 10.6. The molecule has 0 saturated carbocycles. The first-order chi connectivity index (χ1) is 8.06. The Labute approximate surface area is 101 Å². The normalized spacial score (nSPS) is 11.4. The van der Waals surface area contributed by atoms with Crippen molar-refractivity contribution in [2.45, 2.75) is 33.2 Å². The molecule has 5 heteroatoms. The Hall–Kier alpha value is -1.36. The zero-order chi connectivity index (χ0) is 12.8. The standard InChI is InChI=1S/C12H20N2O3/c1-4-9(5-2)6-14(3)7-11-13-10(8-17-11)12(15)16/h8-9H,4-7H2,1-3H3,(H,15,16). The van der Waals surface area contributed by atoms with Crippen LogP contribution in [0.1, 0.15) is 43.1 Å². The van der Waals surface area contributed by atoms with Crippen LogP contribution in [0.2, 0.25) is 0 Å². The lowest BCUT2D eigenvalue weighted by atomic mass is 10.0. The third kappa shape index (κ3) is 4.19. The van der Waals surface area contributed by atoms with Gasteiger partial charge >= 0.3 is 5.97 Å². The molecule has 1 rings (SSSR count). The molecule has 1 N–H and O–H groups in total. The first-order valence-corrected chi connectivity index (χ1v) is 5.93. The average molecular weight is 240 g/mol. The summed E-state index contributed by atoms with van der Waals surface area (Å²) in [5.41, 5.74) is -0.0315. The molecule has 1 heterocycles. The second-order valence-corrected chi connectivity index (χ2v) is 4.31. The molecular formula is C12H20N2O3. The van der Waals surface area contributed by atoms with E-state index in [1.807, 2.05) is 7.05 Å². The van der Waals surface area contributed by atoms with E-state index in [0.29, 0.717) is 18.4 Å². The van der Waals surface area contributed by atoms with Crippen molar-refractivity contribution in [1.82, 2.24) is 9.88 Å². The lowest BCUT2D eigenvalue weighted by Gasteiger charge is -2.20. The Bertz CT molecular complexity index is 358. The highest BCUT2D eigenvalue weighted by Gasteiger charge is 2.13. The number of rotatable bonds is 7. The first-order valence-electron chi connectivity index (χ1n) is 5.93. The van der Waals surface area contributed by atoms with Gasteiger partial charge in [-0.25, -0.2) is 9.78 Å². The van der Waals surface area contributed by atoms with E-state index in [-0.39, 0.29) is 5.69 Å². The molecule has 0 amide bonds. The summed E-state index contributed by atoms with van der Waals surface area (Å²) in [6, 6.07) is 0. The molecule has 1 aromatic heterocycles. The van der Waals surface area contributed by atoms with Gasteiger partial charge in [0, 0.05) is 6.54 Å². The van der Waals surface area contributed by atoms with E-state index in [1.165, 1.54) is 6.26 Å². The number of carbonyl (C=O) groups is 1. The zero-order valence-corrected chi connectivity index (χ0v) is 10.6. The SMILES string of the molecule is CCC(CC)CN(C)Cc1nc(C(=O)O)co1. The molecule has 17 heavy (non-hydrogen) atoms. The lowest BCUT2D eigenvalue weighted by molar-refractivity contribution is 0.0690. The van der Waals surface area contributed by atoms with Gasteiger partial charge in [0.05, 0.1) is 6.54 Å². The van der Waals surface area contributed by atoms with Crippen molar-refractivity contribution in [1.29, 1.82) is 0 Å². The highest BCUT2D eigenvalue weighted by Crippen LogP contribution is 2.11. The van der Waals surface area contributed by atoms with Gasteiger partial charge in [-0.2, -0.15) is 0 Å². The number of carboxylic acids is 1. The molecule has 0 radical (unpaired) electrons. The zero-order valence-electron chi connectivity index (χ0n) is 10.6. The largest absolute Gasteiger partial charge is 0.476 e. The van der Waals surface area contributed by atoms with E-state index in [2.05, 4.69) is 23.7 Å². The topological polar surface area (TPSA) is 66.6 Å². The molecule has 0 bridgehead atoms. The molecule has 0 saturated heterocycles. The minimum Gasteiger partial charge on any atom is -0.476 e. The quantitative estimate of drug-likeness (QED) is 0.791. The fourth-order valence-corrected chi connectivity index (χ4v) is 1.76. The summed E-state index contributed by atoms with van der Waals surface area (Å²) in [6.07, 6.45) is 3.47. The van der Waals surface area contributed by atoms with Gasteiger partial charge in [0.25, 0.3) is 0 Å². The van der Waals surface area contributed by atoms with Crippen molar-refractivity contribution in [2.75, 3.05) is 13.6 Å². The van der Waals surface area contributed by atoms with Gasteiger partial charge in [0.2, 0.25) is 5.89 Å². The Morgan fingerprint density at radius 2 is 2.18 bits per heavy atom. The molecule has 0 fully saturated rings. The van der Waals surface area contributed by atoms with E-state index in [4.69, 9.17) is 9.52 Å². The van der Waals surface area contributed by atoms with E-state index in [1.54, 1.807) is 0 Å². The van der Waals surface area contributed by atoms with Crippen LogP contribution in [0.5, 0.6) is 0 Å². The Morgan fingerprint density at radius 1 is 1.53 bits per heavy atom. The molecule has 1 aromatic rings. The van der Waals surface area contributed by atoms with Gasteiger partial charge in [-0.3, -0.25) is 4.90 Å². The fraction of sp³-hybridized carbons (Fsp3) is 0.667. The van der Waals surface area contributed by atoms with Gasteiger partial charge in [-0.1, -0.05) is 26.7 Å². The number of carboxylic acid groups (broad SMARTS) is 1. The average Bonchev–Trinajstić information content (AvgIpc) is 2.74. The number of nitrogens with zero attached hydrogens (tertiary/aromatic N) is 2. The van der Waals surface area contributed by atoms with E-state index in [0.717, 1.165) is 19.4 Å². The van der Waals surface area contributed by atoms with Gasteiger partial charge in [-0.15, -0.1) is 0 Å². The van der Waals surface area contributed by atoms with E-state index >= 15 is 0 Å². The van der Waals surface area contributed by atoms with Gasteiger partial charge in [0.15, 0.2) is 5.69 Å². The second-order valence-electron chi connectivity index (χ2n) is 4.31. The Balaban J connectivity index is 2.49. The van der Waals surface area contributed by atoms with Crippen LogP contribution in [0, 0.1) is 5.92 Å². The van der Waals surface area contributed by atoms with Crippen molar-refractivity contribution in [2.24, 2.45) is 5.92 Å². The molecular weight excluding hydrogens is 220 g/mol. The summed E-state index contributed by atoms with van der Waals surface area (Å²) in [6.45, 7) is 5.87. The maximum Gasteiger partial charge on any atom is 0.357 e. The Morgan fingerprint density at radius 3 is 2.65 bits per heavy atom. The molecule has 0 unspecified atom stereocenters. The number of oxazole rings is 1. The van der Waals surface area contributed by atoms with Gasteiger partial charge < -0.3 is 9.52 Å². The van der Waals surface area contributed by atoms with Crippen LogP contribution >= 0.6 is 0 Å². The molecule has 0 spiro atoms. The van der Waals surface area contributed by atoms with Gasteiger partial charge in [-0.05, 0) is 13.0 Å². The molecule has 5 nitrogen and oxygen atoms in total. The van der Waals surface area contributed by atoms with Crippen molar-refractivity contribution in [3.63, 3.8) is 0 Å². The number of aromatic carboxylic acids is 1. The highest BCUT2D eigenvalue weighted by molar-refractivity contribution is 5.84. The van der Waals surface area contributed by atoms with Crippen LogP contribution in [-0.4, -0.2) is 34.6 Å². The van der Waals surface area contributed by atoms with Crippen LogP contribution in [0.3, 0.4) is 0 Å². The summed E-state index contributed by atoms with van der Waals surface area (Å²) in [5.74, 6) is 0.0624. The summed E-state index contributed by atoms with van der Waals surface area (Å²) >= 11 is 0. The lowest BCUT2D eigenvalue weighted by Crippen LogP contribution is -2.25. The third-order valence-electron chi connectivity index (χ3n) is 2.90. The number of hydrogen-bond acceptors (Lipinski definition) is 4. The minimum absolute atomic E-state index is 0.0315. The molecule has 0 atom stereocenters. The summed E-state index contributed by atoms with van der Waals surface area (Å²) in [4.78, 5) is 16.6. The van der Waals surface area contributed by atoms with E-state index in [9.17, 15) is 4.79 Å². The predicted molar refractivity (Wildman–Crippen MR) is 63.9 cm³/mol. The van der Waals surface area contributed by atoms with Gasteiger partial charge in [0.1, 0.15) is 6.26 Å². The molecule has 0 aliphatic carbocycles. The van der Waals surface area contributed by atoms with Crippen LogP contribution in [0.25, 0.3) is 0 Å². The third-order valence-corrected chi connectivity index (χ3v) is 2.90. The Kier molecular flexibility index (Phi) is 5.15. The number of aromatic nitrogens is 1. The van der Waals surface area contributed by atoms with Crippen molar-refractivity contribution in [3.8, 4) is 0 Å². The van der Waals surface area contributed by atoms with Crippen LogP contribution < -0.4 is 0 Å². The molecule has 0 aliphatic rings. The summed E-state index contributed by atoms with van der Waals surface area (Å²) in [5, 5.41) is 8.72. The van der Waals surface area contributed by atoms with Crippen molar-refractivity contribution >= 4 is 5.97 Å². The van der Waals surface area contributed by atoms with E-state index < -0.39 is 5.97 Å². The summed E-state index contributed by atoms with van der Waals surface area (Å²) < 4.78 is 5.11. The molecule has 0 aromatic carbocycles.